The maximum absolute atomic E-state index is 13.9. The lowest BCUT2D eigenvalue weighted by atomic mass is 10.2. The van der Waals surface area contributed by atoms with Gasteiger partial charge >= 0.3 is 0 Å². The third-order valence-electron chi connectivity index (χ3n) is 4.12. The van der Waals surface area contributed by atoms with E-state index in [2.05, 4.69) is 15.6 Å². The van der Waals surface area contributed by atoms with Gasteiger partial charge in [-0.05, 0) is 36.4 Å². The number of carbonyl (C=O) groups is 2. The van der Waals surface area contributed by atoms with Crippen molar-refractivity contribution >= 4 is 28.7 Å². The number of fused-ring (bicyclic) bond motifs is 1. The van der Waals surface area contributed by atoms with Crippen LogP contribution in [0.5, 0.6) is 0 Å². The van der Waals surface area contributed by atoms with Crippen molar-refractivity contribution in [1.82, 2.24) is 9.38 Å². The van der Waals surface area contributed by atoms with E-state index in [1.54, 1.807) is 54.7 Å². The Bertz CT molecular complexity index is 1170. The summed E-state index contributed by atoms with van der Waals surface area (Å²) in [6.45, 7) is 0. The molecule has 0 spiro atoms. The van der Waals surface area contributed by atoms with Gasteiger partial charge in [-0.15, -0.1) is 0 Å². The molecular formula is C21H15FN4O2. The molecule has 0 unspecified atom stereocenters. The molecular weight excluding hydrogens is 359 g/mol. The van der Waals surface area contributed by atoms with Gasteiger partial charge in [-0.25, -0.2) is 9.37 Å². The van der Waals surface area contributed by atoms with E-state index in [1.165, 1.54) is 22.6 Å². The summed E-state index contributed by atoms with van der Waals surface area (Å²) in [4.78, 5) is 29.6. The Labute approximate surface area is 159 Å². The van der Waals surface area contributed by atoms with E-state index in [1.807, 2.05) is 6.07 Å². The zero-order valence-electron chi connectivity index (χ0n) is 14.6. The number of nitrogens with zero attached hydrogens (tertiary/aromatic N) is 2. The third-order valence-corrected chi connectivity index (χ3v) is 4.12. The number of hydrogen-bond donors (Lipinski definition) is 2. The molecule has 0 fully saturated rings. The molecule has 2 aromatic heterocycles. The molecule has 0 saturated heterocycles. The van der Waals surface area contributed by atoms with Gasteiger partial charge in [0, 0.05) is 11.9 Å². The Morgan fingerprint density at radius 1 is 0.821 bits per heavy atom. The third kappa shape index (κ3) is 3.33. The van der Waals surface area contributed by atoms with Crippen LogP contribution in [0.15, 0.2) is 79.0 Å². The van der Waals surface area contributed by atoms with Crippen molar-refractivity contribution in [3.8, 4) is 0 Å². The number of carbonyl (C=O) groups excluding carboxylic acids is 2. The zero-order valence-corrected chi connectivity index (χ0v) is 14.6. The Balaban J connectivity index is 1.69. The fraction of sp³-hybridized carbons (Fsp3) is 0. The molecule has 2 heterocycles. The smallest absolute Gasteiger partial charge is 0.292 e. The van der Waals surface area contributed by atoms with Crippen molar-refractivity contribution in [2.75, 3.05) is 10.6 Å². The SMILES string of the molecule is O=C(Nc1ccccc1F)c1nc(C(=O)Nc2ccccc2)n2ccccc12. The predicted octanol–water partition coefficient (Wildman–Crippen LogP) is 3.98. The number of benzene rings is 2. The highest BCUT2D eigenvalue weighted by atomic mass is 19.1. The molecule has 6 nitrogen and oxygen atoms in total. The van der Waals surface area contributed by atoms with Crippen LogP contribution in [0.3, 0.4) is 0 Å². The van der Waals surface area contributed by atoms with Gasteiger partial charge in [0.2, 0.25) is 5.82 Å². The summed E-state index contributed by atoms with van der Waals surface area (Å²) in [6, 6.07) is 19.9. The van der Waals surface area contributed by atoms with Crippen LogP contribution in [-0.4, -0.2) is 21.2 Å². The second-order valence-electron chi connectivity index (χ2n) is 5.99. The highest BCUT2D eigenvalue weighted by molar-refractivity contribution is 6.10. The summed E-state index contributed by atoms with van der Waals surface area (Å²) in [6.07, 6.45) is 1.64. The quantitative estimate of drug-likeness (QED) is 0.567. The van der Waals surface area contributed by atoms with Gasteiger partial charge < -0.3 is 10.6 Å². The van der Waals surface area contributed by atoms with Crippen LogP contribution in [0.25, 0.3) is 5.52 Å². The molecule has 2 amide bonds. The van der Waals surface area contributed by atoms with Gasteiger partial charge in [0.25, 0.3) is 11.8 Å². The molecule has 0 radical (unpaired) electrons. The molecule has 0 aliphatic rings. The first-order valence-corrected chi connectivity index (χ1v) is 8.53. The average molecular weight is 374 g/mol. The number of amides is 2. The summed E-state index contributed by atoms with van der Waals surface area (Å²) < 4.78 is 15.4. The second kappa shape index (κ2) is 7.32. The molecule has 0 atom stereocenters. The highest BCUT2D eigenvalue weighted by Gasteiger charge is 2.22. The Hall–Kier alpha value is -4.00. The van der Waals surface area contributed by atoms with Crippen molar-refractivity contribution in [3.05, 3.63) is 96.3 Å². The van der Waals surface area contributed by atoms with Crippen molar-refractivity contribution in [2.24, 2.45) is 0 Å². The van der Waals surface area contributed by atoms with Gasteiger partial charge in [-0.3, -0.25) is 14.0 Å². The van der Waals surface area contributed by atoms with Crippen molar-refractivity contribution in [2.45, 2.75) is 0 Å². The van der Waals surface area contributed by atoms with E-state index in [-0.39, 0.29) is 17.2 Å². The van der Waals surface area contributed by atoms with Crippen molar-refractivity contribution in [1.29, 1.82) is 0 Å². The first-order valence-electron chi connectivity index (χ1n) is 8.53. The topological polar surface area (TPSA) is 75.5 Å². The van der Waals surface area contributed by atoms with Crippen LogP contribution in [0.1, 0.15) is 21.1 Å². The lowest BCUT2D eigenvalue weighted by Gasteiger charge is -2.04. The van der Waals surface area contributed by atoms with Crippen molar-refractivity contribution < 1.29 is 14.0 Å². The molecule has 2 N–H and O–H groups in total. The Kier molecular flexibility index (Phi) is 4.55. The number of pyridine rings is 1. The van der Waals surface area contributed by atoms with Crippen molar-refractivity contribution in [3.63, 3.8) is 0 Å². The number of imidazole rings is 1. The molecule has 138 valence electrons. The van der Waals surface area contributed by atoms with E-state index < -0.39 is 17.6 Å². The van der Waals surface area contributed by atoms with Crippen LogP contribution in [0, 0.1) is 5.82 Å². The number of para-hydroxylation sites is 2. The van der Waals surface area contributed by atoms with Gasteiger partial charge in [0.05, 0.1) is 11.2 Å². The number of rotatable bonds is 4. The van der Waals surface area contributed by atoms with Gasteiger partial charge in [-0.1, -0.05) is 36.4 Å². The normalized spacial score (nSPS) is 10.6. The second-order valence-corrected chi connectivity index (χ2v) is 5.99. The molecule has 7 heteroatoms. The highest BCUT2D eigenvalue weighted by Crippen LogP contribution is 2.18. The van der Waals surface area contributed by atoms with E-state index in [0.717, 1.165) is 0 Å². The number of hydrogen-bond acceptors (Lipinski definition) is 3. The monoisotopic (exact) mass is 374 g/mol. The van der Waals surface area contributed by atoms with Crippen LogP contribution >= 0.6 is 0 Å². The largest absolute Gasteiger partial charge is 0.319 e. The minimum absolute atomic E-state index is 0.0297. The number of anilines is 2. The fourth-order valence-corrected chi connectivity index (χ4v) is 2.82. The van der Waals surface area contributed by atoms with Gasteiger partial charge in [-0.2, -0.15) is 0 Å². The van der Waals surface area contributed by atoms with Crippen LogP contribution in [0.4, 0.5) is 15.8 Å². The average Bonchev–Trinajstić information content (AvgIpc) is 3.10. The molecule has 0 bridgehead atoms. The lowest BCUT2D eigenvalue weighted by Crippen LogP contribution is -2.16. The minimum Gasteiger partial charge on any atom is -0.319 e. The summed E-state index contributed by atoms with van der Waals surface area (Å²) >= 11 is 0. The number of aromatic nitrogens is 2. The first kappa shape index (κ1) is 17.4. The molecule has 0 aliphatic heterocycles. The van der Waals surface area contributed by atoms with E-state index >= 15 is 0 Å². The van der Waals surface area contributed by atoms with Gasteiger partial charge in [0.1, 0.15) is 5.82 Å². The number of nitrogens with one attached hydrogen (secondary N) is 2. The van der Waals surface area contributed by atoms with Crippen LogP contribution < -0.4 is 10.6 Å². The first-order chi connectivity index (χ1) is 13.6. The lowest BCUT2D eigenvalue weighted by molar-refractivity contribution is 0.101. The Morgan fingerprint density at radius 2 is 1.54 bits per heavy atom. The molecule has 28 heavy (non-hydrogen) atoms. The molecule has 0 saturated carbocycles. The zero-order chi connectivity index (χ0) is 19.5. The van der Waals surface area contributed by atoms with E-state index in [0.29, 0.717) is 11.2 Å². The Morgan fingerprint density at radius 3 is 2.32 bits per heavy atom. The summed E-state index contributed by atoms with van der Waals surface area (Å²) in [5.41, 5.74) is 1.12. The fourth-order valence-electron chi connectivity index (χ4n) is 2.82. The van der Waals surface area contributed by atoms with E-state index in [4.69, 9.17) is 0 Å². The maximum atomic E-state index is 13.9. The molecule has 0 aliphatic carbocycles. The minimum atomic E-state index is -0.604. The van der Waals surface area contributed by atoms with E-state index in [9.17, 15) is 14.0 Å². The summed E-state index contributed by atoms with van der Waals surface area (Å²) in [5, 5.41) is 5.25. The van der Waals surface area contributed by atoms with Crippen LogP contribution in [-0.2, 0) is 0 Å². The van der Waals surface area contributed by atoms with Crippen LogP contribution in [0.2, 0.25) is 0 Å². The maximum Gasteiger partial charge on any atom is 0.292 e. The predicted molar refractivity (Wildman–Crippen MR) is 104 cm³/mol. The standard InChI is InChI=1S/C21H15FN4O2/c22-15-10-4-5-11-16(15)24-20(27)18-17-12-6-7-13-26(17)19(25-18)21(28)23-14-8-2-1-3-9-14/h1-13H,(H,23,28)(H,24,27). The molecule has 4 aromatic rings. The summed E-state index contributed by atoms with van der Waals surface area (Å²) in [7, 11) is 0. The summed E-state index contributed by atoms with van der Waals surface area (Å²) in [5.74, 6) is -1.57. The number of halogens is 1. The molecule has 2 aromatic carbocycles. The molecule has 4 rings (SSSR count). The van der Waals surface area contributed by atoms with Gasteiger partial charge in [0.15, 0.2) is 5.69 Å².